The fourth-order valence-corrected chi connectivity index (χ4v) is 2.50. The summed E-state index contributed by atoms with van der Waals surface area (Å²) in [5.74, 6) is 0.0905. The van der Waals surface area contributed by atoms with E-state index in [9.17, 15) is 4.79 Å². The van der Waals surface area contributed by atoms with Crippen LogP contribution in [-0.4, -0.2) is 37.7 Å². The molecule has 3 atom stereocenters. The highest BCUT2D eigenvalue weighted by Crippen LogP contribution is 2.21. The Hall–Kier alpha value is -0.610. The van der Waals surface area contributed by atoms with Gasteiger partial charge in [-0.25, -0.2) is 0 Å². The standard InChI is InChI=1S/C13H26N2O2/c1-4-6-10(2)15-13(16)9-14-11-7-5-8-12(11)17-3/h10-12,14H,4-9H2,1-3H3,(H,15,16). The molecule has 1 fully saturated rings. The minimum atomic E-state index is 0.0905. The van der Waals surface area contributed by atoms with Gasteiger partial charge in [0.25, 0.3) is 0 Å². The Morgan fingerprint density at radius 2 is 2.24 bits per heavy atom. The molecular weight excluding hydrogens is 216 g/mol. The zero-order valence-electron chi connectivity index (χ0n) is 11.3. The smallest absolute Gasteiger partial charge is 0.234 e. The van der Waals surface area contributed by atoms with Crippen LogP contribution in [0.25, 0.3) is 0 Å². The molecule has 17 heavy (non-hydrogen) atoms. The lowest BCUT2D eigenvalue weighted by molar-refractivity contribution is -0.121. The van der Waals surface area contributed by atoms with Crippen LogP contribution in [0, 0.1) is 0 Å². The number of carbonyl (C=O) groups excluding carboxylic acids is 1. The SMILES string of the molecule is CCCC(C)NC(=O)CNC1CCCC1OC. The van der Waals surface area contributed by atoms with E-state index >= 15 is 0 Å². The zero-order valence-corrected chi connectivity index (χ0v) is 11.3. The molecule has 0 aromatic carbocycles. The average Bonchev–Trinajstić information content (AvgIpc) is 2.73. The summed E-state index contributed by atoms with van der Waals surface area (Å²) in [6.45, 7) is 4.58. The van der Waals surface area contributed by atoms with E-state index in [-0.39, 0.29) is 18.1 Å². The maximum Gasteiger partial charge on any atom is 0.234 e. The predicted molar refractivity (Wildman–Crippen MR) is 69.0 cm³/mol. The van der Waals surface area contributed by atoms with Gasteiger partial charge in [0.2, 0.25) is 5.91 Å². The first-order valence-electron chi connectivity index (χ1n) is 6.73. The summed E-state index contributed by atoms with van der Waals surface area (Å²) >= 11 is 0. The van der Waals surface area contributed by atoms with Gasteiger partial charge in [-0.15, -0.1) is 0 Å². The Labute approximate surface area is 104 Å². The lowest BCUT2D eigenvalue weighted by Crippen LogP contribution is -2.45. The summed E-state index contributed by atoms with van der Waals surface area (Å²) in [5.41, 5.74) is 0. The first-order valence-corrected chi connectivity index (χ1v) is 6.73. The second-order valence-corrected chi connectivity index (χ2v) is 4.95. The molecule has 1 aliphatic carbocycles. The average molecular weight is 242 g/mol. The highest BCUT2D eigenvalue weighted by Gasteiger charge is 2.26. The number of carbonyl (C=O) groups is 1. The summed E-state index contributed by atoms with van der Waals surface area (Å²) in [4.78, 5) is 11.7. The quantitative estimate of drug-likeness (QED) is 0.710. The monoisotopic (exact) mass is 242 g/mol. The van der Waals surface area contributed by atoms with E-state index in [4.69, 9.17) is 4.74 Å². The van der Waals surface area contributed by atoms with Crippen molar-refractivity contribution in [3.05, 3.63) is 0 Å². The topological polar surface area (TPSA) is 50.4 Å². The fourth-order valence-electron chi connectivity index (χ4n) is 2.50. The largest absolute Gasteiger partial charge is 0.380 e. The van der Waals surface area contributed by atoms with Crippen LogP contribution >= 0.6 is 0 Å². The van der Waals surface area contributed by atoms with Crippen molar-refractivity contribution in [3.8, 4) is 0 Å². The second kappa shape index (κ2) is 7.67. The molecule has 1 rings (SSSR count). The number of ether oxygens (including phenoxy) is 1. The zero-order chi connectivity index (χ0) is 12.7. The van der Waals surface area contributed by atoms with E-state index in [0.29, 0.717) is 12.6 Å². The highest BCUT2D eigenvalue weighted by atomic mass is 16.5. The number of nitrogens with one attached hydrogen (secondary N) is 2. The van der Waals surface area contributed by atoms with Gasteiger partial charge >= 0.3 is 0 Å². The summed E-state index contributed by atoms with van der Waals surface area (Å²) in [6.07, 6.45) is 5.80. The van der Waals surface area contributed by atoms with E-state index in [2.05, 4.69) is 24.5 Å². The number of rotatable bonds is 7. The predicted octanol–water partition coefficient (Wildman–Crippen LogP) is 1.45. The summed E-state index contributed by atoms with van der Waals surface area (Å²) in [7, 11) is 1.74. The Bertz CT molecular complexity index is 233. The molecule has 0 spiro atoms. The van der Waals surface area contributed by atoms with Crippen molar-refractivity contribution in [1.82, 2.24) is 10.6 Å². The van der Waals surface area contributed by atoms with Crippen LogP contribution in [0.4, 0.5) is 0 Å². The molecule has 0 bridgehead atoms. The first-order chi connectivity index (χ1) is 8.17. The molecule has 0 aromatic rings. The maximum absolute atomic E-state index is 11.7. The van der Waals surface area contributed by atoms with E-state index in [1.54, 1.807) is 7.11 Å². The van der Waals surface area contributed by atoms with Crippen LogP contribution in [-0.2, 0) is 9.53 Å². The van der Waals surface area contributed by atoms with Gasteiger partial charge in [-0.2, -0.15) is 0 Å². The number of amides is 1. The van der Waals surface area contributed by atoms with Gasteiger partial charge in [-0.05, 0) is 32.6 Å². The van der Waals surface area contributed by atoms with Crippen molar-refractivity contribution in [2.24, 2.45) is 0 Å². The molecule has 0 aromatic heterocycles. The Morgan fingerprint density at radius 1 is 1.47 bits per heavy atom. The van der Waals surface area contributed by atoms with Gasteiger partial charge in [0, 0.05) is 19.2 Å². The van der Waals surface area contributed by atoms with Gasteiger partial charge in [-0.3, -0.25) is 4.79 Å². The van der Waals surface area contributed by atoms with Gasteiger partial charge < -0.3 is 15.4 Å². The van der Waals surface area contributed by atoms with E-state index < -0.39 is 0 Å². The summed E-state index contributed by atoms with van der Waals surface area (Å²) in [6, 6.07) is 0.614. The maximum atomic E-state index is 11.7. The number of hydrogen-bond donors (Lipinski definition) is 2. The van der Waals surface area contributed by atoms with Crippen LogP contribution in [0.15, 0.2) is 0 Å². The second-order valence-electron chi connectivity index (χ2n) is 4.95. The molecule has 0 radical (unpaired) electrons. The van der Waals surface area contributed by atoms with Crippen molar-refractivity contribution >= 4 is 5.91 Å². The minimum absolute atomic E-state index is 0.0905. The molecule has 0 aliphatic heterocycles. The van der Waals surface area contributed by atoms with Crippen molar-refractivity contribution in [3.63, 3.8) is 0 Å². The summed E-state index contributed by atoms with van der Waals surface area (Å²) < 4.78 is 5.38. The lowest BCUT2D eigenvalue weighted by atomic mass is 10.2. The van der Waals surface area contributed by atoms with Crippen LogP contribution in [0.1, 0.15) is 46.0 Å². The Kier molecular flexibility index (Phi) is 6.52. The highest BCUT2D eigenvalue weighted by molar-refractivity contribution is 5.78. The van der Waals surface area contributed by atoms with E-state index in [0.717, 1.165) is 25.7 Å². The molecule has 4 nitrogen and oxygen atoms in total. The lowest BCUT2D eigenvalue weighted by Gasteiger charge is -2.20. The molecule has 100 valence electrons. The Morgan fingerprint density at radius 3 is 2.88 bits per heavy atom. The third kappa shape index (κ3) is 5.04. The van der Waals surface area contributed by atoms with Gasteiger partial charge in [-0.1, -0.05) is 13.3 Å². The van der Waals surface area contributed by atoms with E-state index in [1.165, 1.54) is 6.42 Å². The molecule has 0 saturated heterocycles. The third-order valence-corrected chi connectivity index (χ3v) is 3.41. The molecule has 0 heterocycles. The van der Waals surface area contributed by atoms with Crippen LogP contribution < -0.4 is 10.6 Å². The van der Waals surface area contributed by atoms with Crippen LogP contribution in [0.5, 0.6) is 0 Å². The van der Waals surface area contributed by atoms with Crippen molar-refractivity contribution < 1.29 is 9.53 Å². The normalized spacial score (nSPS) is 25.8. The molecule has 4 heteroatoms. The van der Waals surface area contributed by atoms with Crippen molar-refractivity contribution in [2.75, 3.05) is 13.7 Å². The minimum Gasteiger partial charge on any atom is -0.380 e. The molecule has 1 saturated carbocycles. The van der Waals surface area contributed by atoms with Crippen molar-refractivity contribution in [1.29, 1.82) is 0 Å². The Balaban J connectivity index is 2.19. The van der Waals surface area contributed by atoms with Gasteiger partial charge in [0.05, 0.1) is 12.6 Å². The summed E-state index contributed by atoms with van der Waals surface area (Å²) in [5, 5.41) is 6.29. The van der Waals surface area contributed by atoms with Crippen molar-refractivity contribution in [2.45, 2.75) is 64.1 Å². The fraction of sp³-hybridized carbons (Fsp3) is 0.923. The number of hydrogen-bond acceptors (Lipinski definition) is 3. The first kappa shape index (κ1) is 14.5. The number of methoxy groups -OCH3 is 1. The van der Waals surface area contributed by atoms with Gasteiger partial charge in [0.15, 0.2) is 0 Å². The molecular formula is C13H26N2O2. The van der Waals surface area contributed by atoms with Crippen LogP contribution in [0.2, 0.25) is 0 Å². The molecule has 2 N–H and O–H groups in total. The van der Waals surface area contributed by atoms with E-state index in [1.807, 2.05) is 0 Å². The third-order valence-electron chi connectivity index (χ3n) is 3.41. The van der Waals surface area contributed by atoms with Gasteiger partial charge in [0.1, 0.15) is 0 Å². The molecule has 1 aliphatic rings. The molecule has 3 unspecified atom stereocenters. The van der Waals surface area contributed by atoms with Crippen LogP contribution in [0.3, 0.4) is 0 Å². The molecule has 1 amide bonds.